The number of nitro benzene ring substituents is 2. The maximum absolute atomic E-state index is 11.2. The largest absolute Gasteiger partial charge is 0.493 e. The Morgan fingerprint density at radius 2 is 1.68 bits per heavy atom. The summed E-state index contributed by atoms with van der Waals surface area (Å²) in [5.41, 5.74) is 2.38. The Labute approximate surface area is 139 Å². The Balaban J connectivity index is 1.77. The summed E-state index contributed by atoms with van der Waals surface area (Å²) in [6.07, 6.45) is 0.792. The lowest BCUT2D eigenvalue weighted by Crippen LogP contribution is -2.10. The van der Waals surface area contributed by atoms with Crippen molar-refractivity contribution in [1.82, 2.24) is 4.68 Å². The molecule has 0 spiro atoms. The summed E-state index contributed by atoms with van der Waals surface area (Å²) >= 11 is 0. The van der Waals surface area contributed by atoms with Gasteiger partial charge < -0.3 is 14.9 Å². The van der Waals surface area contributed by atoms with Gasteiger partial charge in [-0.15, -0.1) is 0 Å². The number of nitrogens with one attached hydrogen (secondary N) is 1. The molecule has 1 saturated heterocycles. The Morgan fingerprint density at radius 1 is 1.08 bits per heavy atom. The van der Waals surface area contributed by atoms with E-state index in [1.807, 2.05) is 0 Å². The summed E-state index contributed by atoms with van der Waals surface area (Å²) in [6.45, 7) is 0. The van der Waals surface area contributed by atoms with E-state index in [4.69, 9.17) is 4.74 Å². The van der Waals surface area contributed by atoms with Gasteiger partial charge in [0.05, 0.1) is 39.2 Å². The number of fused-ring (bicyclic) bond motifs is 5. The Bertz CT molecular complexity index is 889. The van der Waals surface area contributed by atoms with Gasteiger partial charge in [0, 0.05) is 6.07 Å². The lowest BCUT2D eigenvalue weighted by atomic mass is 9.95. The van der Waals surface area contributed by atoms with Crippen LogP contribution in [0.2, 0.25) is 0 Å². The van der Waals surface area contributed by atoms with E-state index in [-0.39, 0.29) is 29.7 Å². The van der Waals surface area contributed by atoms with Crippen molar-refractivity contribution in [2.75, 3.05) is 5.43 Å². The molecule has 2 aliphatic rings. The average Bonchev–Trinajstić information content (AvgIpc) is 3.24. The lowest BCUT2D eigenvalue weighted by molar-refractivity contribution is -0.393. The van der Waals surface area contributed by atoms with Gasteiger partial charge in [-0.3, -0.25) is 25.7 Å². The quantitative estimate of drug-likeness (QED) is 0.562. The van der Waals surface area contributed by atoms with Gasteiger partial charge >= 0.3 is 5.69 Å². The van der Waals surface area contributed by atoms with Gasteiger partial charge in [-0.1, -0.05) is 0 Å². The van der Waals surface area contributed by atoms with E-state index >= 15 is 0 Å². The summed E-state index contributed by atoms with van der Waals surface area (Å²) < 4.78 is 6.53. The average molecular weight is 348 g/mol. The van der Waals surface area contributed by atoms with Crippen molar-refractivity contribution in [3.8, 4) is 11.8 Å². The van der Waals surface area contributed by atoms with Crippen molar-refractivity contribution in [3.63, 3.8) is 0 Å². The molecule has 2 bridgehead atoms. The normalized spacial score (nSPS) is 20.5. The number of anilines is 1. The highest BCUT2D eigenvalue weighted by atomic mass is 16.6. The highest BCUT2D eigenvalue weighted by Gasteiger charge is 2.45. The van der Waals surface area contributed by atoms with Crippen LogP contribution in [0.3, 0.4) is 0 Å². The van der Waals surface area contributed by atoms with Crippen LogP contribution in [0, 0.1) is 20.2 Å². The minimum atomic E-state index is -0.784. The summed E-state index contributed by atoms with van der Waals surface area (Å²) in [4.78, 5) is 20.5. The molecule has 1 aromatic heterocycles. The number of rotatable bonds is 4. The van der Waals surface area contributed by atoms with Gasteiger partial charge in [-0.2, -0.15) is 4.68 Å². The monoisotopic (exact) mass is 348 g/mol. The topological polar surface area (TPSA) is 153 Å². The van der Waals surface area contributed by atoms with E-state index in [1.54, 1.807) is 0 Å². The molecule has 0 saturated carbocycles. The van der Waals surface area contributed by atoms with Crippen molar-refractivity contribution in [2.45, 2.75) is 25.0 Å². The predicted molar refractivity (Wildman–Crippen MR) is 82.3 cm³/mol. The van der Waals surface area contributed by atoms with Crippen molar-refractivity contribution < 1.29 is 24.8 Å². The van der Waals surface area contributed by atoms with Crippen LogP contribution in [0.1, 0.15) is 36.2 Å². The molecule has 25 heavy (non-hydrogen) atoms. The lowest BCUT2D eigenvalue weighted by Gasteiger charge is -2.12. The van der Waals surface area contributed by atoms with Crippen molar-refractivity contribution >= 4 is 17.1 Å². The number of nitro groups is 2. The first-order chi connectivity index (χ1) is 11.9. The molecular formula is C14H12N4O7. The van der Waals surface area contributed by atoms with E-state index in [9.17, 15) is 30.4 Å². The second-order valence-corrected chi connectivity index (χ2v) is 5.83. The van der Waals surface area contributed by atoms with Crippen molar-refractivity contribution in [2.24, 2.45) is 0 Å². The number of non-ortho nitro benzene ring substituents is 1. The zero-order valence-corrected chi connectivity index (χ0v) is 12.6. The summed E-state index contributed by atoms with van der Waals surface area (Å²) in [7, 11) is 0. The molecule has 3 N–H and O–H groups in total. The molecule has 2 aliphatic heterocycles. The SMILES string of the molecule is O=[N+]([O-])c1ccc(Nn2c(O)c3c(c2O)C2CCC3O2)c([N+](=O)[O-])c1. The maximum atomic E-state index is 11.2. The summed E-state index contributed by atoms with van der Waals surface area (Å²) in [6, 6.07) is 3.04. The number of benzene rings is 1. The number of nitrogens with zero attached hydrogens (tertiary/aromatic N) is 3. The van der Waals surface area contributed by atoms with E-state index in [0.717, 1.165) is 22.9 Å². The summed E-state index contributed by atoms with van der Waals surface area (Å²) in [5, 5.41) is 42.7. The van der Waals surface area contributed by atoms with E-state index in [2.05, 4.69) is 5.43 Å². The number of hydrogen-bond acceptors (Lipinski definition) is 8. The molecule has 2 atom stereocenters. The fraction of sp³-hybridized carbons (Fsp3) is 0.286. The number of aromatic hydroxyl groups is 2. The fourth-order valence-corrected chi connectivity index (χ4v) is 3.38. The Kier molecular flexibility index (Phi) is 3.09. The molecule has 3 heterocycles. The number of aromatic nitrogens is 1. The minimum Gasteiger partial charge on any atom is -0.493 e. The fourth-order valence-electron chi connectivity index (χ4n) is 3.38. The Morgan fingerprint density at radius 3 is 2.20 bits per heavy atom. The van der Waals surface area contributed by atoms with Crippen LogP contribution in [0.25, 0.3) is 0 Å². The molecule has 4 rings (SSSR count). The van der Waals surface area contributed by atoms with Gasteiger partial charge in [0.25, 0.3) is 5.69 Å². The zero-order chi connectivity index (χ0) is 17.9. The molecule has 1 aromatic carbocycles. The Hall–Kier alpha value is -3.34. The first-order valence-electron chi connectivity index (χ1n) is 7.40. The minimum absolute atomic E-state index is 0.108. The third-order valence-electron chi connectivity index (χ3n) is 4.48. The summed E-state index contributed by atoms with van der Waals surface area (Å²) in [5.74, 6) is -0.597. The standard InChI is InChI=1S/C14H12N4O7/c19-13-11-9-3-4-10(25-9)12(11)14(20)16(13)15-7-2-1-6(17(21)22)5-8(7)18(23)24/h1-2,5,9-10,15,19-20H,3-4H2. The molecular weight excluding hydrogens is 336 g/mol. The third-order valence-corrected chi connectivity index (χ3v) is 4.48. The van der Waals surface area contributed by atoms with E-state index in [0.29, 0.717) is 24.0 Å². The zero-order valence-electron chi connectivity index (χ0n) is 12.6. The second-order valence-electron chi connectivity index (χ2n) is 5.83. The molecule has 0 amide bonds. The smallest absolute Gasteiger partial charge is 0.300 e. The van der Waals surface area contributed by atoms with Crippen LogP contribution in [0.5, 0.6) is 11.8 Å². The number of hydrogen-bond donors (Lipinski definition) is 3. The van der Waals surface area contributed by atoms with E-state index < -0.39 is 21.2 Å². The maximum Gasteiger partial charge on any atom is 0.300 e. The first kappa shape index (κ1) is 15.2. The van der Waals surface area contributed by atoms with Crippen molar-refractivity contribution in [1.29, 1.82) is 0 Å². The highest BCUT2D eigenvalue weighted by molar-refractivity contribution is 5.66. The predicted octanol–water partition coefficient (Wildman–Crippen LogP) is 2.50. The molecule has 130 valence electrons. The van der Waals surface area contributed by atoms with Gasteiger partial charge in [0.2, 0.25) is 11.8 Å². The molecule has 11 heteroatoms. The molecule has 0 radical (unpaired) electrons. The van der Waals surface area contributed by atoms with Gasteiger partial charge in [0.15, 0.2) is 0 Å². The molecule has 11 nitrogen and oxygen atoms in total. The van der Waals surface area contributed by atoms with E-state index in [1.165, 1.54) is 0 Å². The van der Waals surface area contributed by atoms with Gasteiger partial charge in [-0.05, 0) is 18.9 Å². The van der Waals surface area contributed by atoms with Gasteiger partial charge in [0.1, 0.15) is 5.69 Å². The van der Waals surface area contributed by atoms with Crippen LogP contribution in [-0.2, 0) is 4.74 Å². The molecule has 2 unspecified atom stereocenters. The van der Waals surface area contributed by atoms with Crippen molar-refractivity contribution in [3.05, 3.63) is 49.6 Å². The second kappa shape index (κ2) is 5.08. The highest BCUT2D eigenvalue weighted by Crippen LogP contribution is 2.57. The molecule has 0 aliphatic carbocycles. The first-order valence-corrected chi connectivity index (χ1v) is 7.40. The van der Waals surface area contributed by atoms with Crippen LogP contribution < -0.4 is 5.43 Å². The van der Waals surface area contributed by atoms with Crippen LogP contribution >= 0.6 is 0 Å². The van der Waals surface area contributed by atoms with Crippen LogP contribution in [0.15, 0.2) is 18.2 Å². The third kappa shape index (κ3) is 2.09. The number of ether oxygens (including phenoxy) is 1. The molecule has 2 aromatic rings. The van der Waals surface area contributed by atoms with Crippen LogP contribution in [-0.4, -0.2) is 24.7 Å². The molecule has 1 fully saturated rings. The van der Waals surface area contributed by atoms with Crippen LogP contribution in [0.4, 0.5) is 17.1 Å². The van der Waals surface area contributed by atoms with Gasteiger partial charge in [-0.25, -0.2) is 0 Å².